The van der Waals surface area contributed by atoms with Gasteiger partial charge in [-0.1, -0.05) is 38.5 Å². The number of amides is 1. The number of nitrogens with one attached hydrogen (secondary N) is 1. The summed E-state index contributed by atoms with van der Waals surface area (Å²) in [7, 11) is 1.25. The third kappa shape index (κ3) is 13.0. The lowest BCUT2D eigenvalue weighted by molar-refractivity contribution is -0.139. The Labute approximate surface area is 116 Å². The van der Waals surface area contributed by atoms with E-state index in [4.69, 9.17) is 4.74 Å². The minimum Gasteiger partial charge on any atom is -0.468 e. The SMILES string of the molecule is C1CCCCC1.COC(=O)CNC(=O)OC(C)(C)C. The molecule has 0 aromatic heterocycles. The molecule has 1 aliphatic rings. The summed E-state index contributed by atoms with van der Waals surface area (Å²) in [6, 6.07) is 0. The largest absolute Gasteiger partial charge is 0.468 e. The highest BCUT2D eigenvalue weighted by atomic mass is 16.6. The number of carbonyl (C=O) groups excluding carboxylic acids is 2. The average molecular weight is 273 g/mol. The smallest absolute Gasteiger partial charge is 0.408 e. The second-order valence-electron chi connectivity index (χ2n) is 5.55. The van der Waals surface area contributed by atoms with Crippen LogP contribution < -0.4 is 5.32 Å². The molecule has 112 valence electrons. The molecule has 1 aliphatic carbocycles. The molecule has 1 saturated carbocycles. The van der Waals surface area contributed by atoms with Crippen LogP contribution in [-0.4, -0.2) is 31.3 Å². The number of carbonyl (C=O) groups is 2. The van der Waals surface area contributed by atoms with Crippen LogP contribution in [0.4, 0.5) is 4.79 Å². The standard InChI is InChI=1S/C8H15NO4.C6H12/c1-8(2,3)13-7(11)9-5-6(10)12-4;1-2-4-6-5-3-1/h5H2,1-4H3,(H,9,11);1-6H2. The van der Waals surface area contributed by atoms with E-state index in [0.29, 0.717) is 0 Å². The van der Waals surface area contributed by atoms with Crippen molar-refractivity contribution in [2.24, 2.45) is 0 Å². The molecule has 0 atom stereocenters. The van der Waals surface area contributed by atoms with E-state index in [0.717, 1.165) is 0 Å². The molecule has 0 heterocycles. The van der Waals surface area contributed by atoms with Gasteiger partial charge in [-0.2, -0.15) is 0 Å². The fourth-order valence-corrected chi connectivity index (χ4v) is 1.59. The average Bonchev–Trinajstić information content (AvgIpc) is 2.37. The van der Waals surface area contributed by atoms with Gasteiger partial charge in [-0.3, -0.25) is 4.79 Å². The van der Waals surface area contributed by atoms with Crippen molar-refractivity contribution in [3.05, 3.63) is 0 Å². The molecular weight excluding hydrogens is 246 g/mol. The molecule has 0 unspecified atom stereocenters. The summed E-state index contributed by atoms with van der Waals surface area (Å²) in [5.41, 5.74) is -0.555. The minimum atomic E-state index is -0.627. The van der Waals surface area contributed by atoms with Gasteiger partial charge in [0.15, 0.2) is 0 Å². The molecule has 0 aromatic carbocycles. The van der Waals surface area contributed by atoms with Crippen molar-refractivity contribution in [3.8, 4) is 0 Å². The molecule has 1 amide bonds. The molecule has 19 heavy (non-hydrogen) atoms. The summed E-state index contributed by atoms with van der Waals surface area (Å²) in [5.74, 6) is -0.508. The Morgan fingerprint density at radius 3 is 1.74 bits per heavy atom. The number of hydrogen-bond acceptors (Lipinski definition) is 4. The second-order valence-corrected chi connectivity index (χ2v) is 5.55. The van der Waals surface area contributed by atoms with E-state index in [1.165, 1.54) is 45.6 Å². The monoisotopic (exact) mass is 273 g/mol. The first-order chi connectivity index (χ1) is 8.85. The molecule has 0 bridgehead atoms. The van der Waals surface area contributed by atoms with Crippen LogP contribution in [0.1, 0.15) is 59.3 Å². The molecule has 0 aliphatic heterocycles. The van der Waals surface area contributed by atoms with Gasteiger partial charge in [0.05, 0.1) is 7.11 Å². The third-order valence-electron chi connectivity index (χ3n) is 2.50. The van der Waals surface area contributed by atoms with Gasteiger partial charge in [0.25, 0.3) is 0 Å². The van der Waals surface area contributed by atoms with Crippen LogP contribution in [0, 0.1) is 0 Å². The van der Waals surface area contributed by atoms with Crippen molar-refractivity contribution < 1.29 is 19.1 Å². The molecule has 0 aromatic rings. The predicted octanol–water partition coefficient (Wildman–Crippen LogP) is 3.02. The second kappa shape index (κ2) is 9.64. The molecule has 5 nitrogen and oxygen atoms in total. The summed E-state index contributed by atoms with van der Waals surface area (Å²) in [4.78, 5) is 21.5. The number of alkyl carbamates (subject to hydrolysis) is 1. The van der Waals surface area contributed by atoms with Crippen LogP contribution in [0.25, 0.3) is 0 Å². The Hall–Kier alpha value is -1.26. The van der Waals surface area contributed by atoms with Gasteiger partial charge in [-0.25, -0.2) is 4.79 Å². The molecule has 1 rings (SSSR count). The van der Waals surface area contributed by atoms with Crippen LogP contribution in [0.5, 0.6) is 0 Å². The van der Waals surface area contributed by atoms with Crippen molar-refractivity contribution in [3.63, 3.8) is 0 Å². The lowest BCUT2D eigenvalue weighted by atomic mass is 10.0. The Kier molecular flexibility index (Phi) is 9.00. The Bertz CT molecular complexity index is 256. The van der Waals surface area contributed by atoms with Gasteiger partial charge in [-0.05, 0) is 20.8 Å². The zero-order valence-electron chi connectivity index (χ0n) is 12.6. The fourth-order valence-electron chi connectivity index (χ4n) is 1.59. The maximum absolute atomic E-state index is 10.9. The highest BCUT2D eigenvalue weighted by Gasteiger charge is 2.16. The molecule has 1 N–H and O–H groups in total. The van der Waals surface area contributed by atoms with E-state index in [-0.39, 0.29) is 6.54 Å². The summed E-state index contributed by atoms with van der Waals surface area (Å²) in [6.07, 6.45) is 8.37. The van der Waals surface area contributed by atoms with Crippen molar-refractivity contribution in [1.82, 2.24) is 5.32 Å². The van der Waals surface area contributed by atoms with Gasteiger partial charge in [-0.15, -0.1) is 0 Å². The number of hydrogen-bond donors (Lipinski definition) is 1. The van der Waals surface area contributed by atoms with Crippen LogP contribution >= 0.6 is 0 Å². The molecule has 0 radical (unpaired) electrons. The number of rotatable bonds is 2. The van der Waals surface area contributed by atoms with E-state index < -0.39 is 17.7 Å². The van der Waals surface area contributed by atoms with E-state index in [2.05, 4.69) is 10.1 Å². The number of ether oxygens (including phenoxy) is 2. The maximum atomic E-state index is 10.9. The van der Waals surface area contributed by atoms with Crippen molar-refractivity contribution in [2.45, 2.75) is 64.9 Å². The van der Waals surface area contributed by atoms with Gasteiger partial charge in [0.2, 0.25) is 0 Å². The lowest BCUT2D eigenvalue weighted by Crippen LogP contribution is -2.35. The topological polar surface area (TPSA) is 64.6 Å². The Morgan fingerprint density at radius 1 is 1.00 bits per heavy atom. The zero-order valence-corrected chi connectivity index (χ0v) is 12.6. The summed E-state index contributed by atoms with van der Waals surface area (Å²) >= 11 is 0. The molecule has 1 fully saturated rings. The van der Waals surface area contributed by atoms with Crippen LogP contribution in [0.2, 0.25) is 0 Å². The van der Waals surface area contributed by atoms with Crippen LogP contribution in [-0.2, 0) is 14.3 Å². The van der Waals surface area contributed by atoms with Gasteiger partial charge >= 0.3 is 12.1 Å². The van der Waals surface area contributed by atoms with E-state index in [1.54, 1.807) is 20.8 Å². The lowest BCUT2D eigenvalue weighted by Gasteiger charge is -2.19. The molecule has 5 heteroatoms. The maximum Gasteiger partial charge on any atom is 0.408 e. The molecule has 0 saturated heterocycles. The van der Waals surface area contributed by atoms with Crippen molar-refractivity contribution in [2.75, 3.05) is 13.7 Å². The van der Waals surface area contributed by atoms with Gasteiger partial charge in [0.1, 0.15) is 12.1 Å². The highest BCUT2D eigenvalue weighted by molar-refractivity contribution is 5.77. The molecule has 0 spiro atoms. The summed E-state index contributed by atoms with van der Waals surface area (Å²) in [6.45, 7) is 5.05. The summed E-state index contributed by atoms with van der Waals surface area (Å²) in [5, 5.41) is 2.25. The van der Waals surface area contributed by atoms with Gasteiger partial charge < -0.3 is 14.8 Å². The fraction of sp³-hybridized carbons (Fsp3) is 0.857. The first-order valence-corrected chi connectivity index (χ1v) is 6.89. The Morgan fingerprint density at radius 2 is 1.42 bits per heavy atom. The van der Waals surface area contributed by atoms with E-state index in [9.17, 15) is 9.59 Å². The van der Waals surface area contributed by atoms with E-state index >= 15 is 0 Å². The first kappa shape index (κ1) is 17.7. The highest BCUT2D eigenvalue weighted by Crippen LogP contribution is 2.15. The van der Waals surface area contributed by atoms with Crippen LogP contribution in [0.15, 0.2) is 0 Å². The predicted molar refractivity (Wildman–Crippen MR) is 74.0 cm³/mol. The Balaban J connectivity index is 0.000000443. The van der Waals surface area contributed by atoms with Gasteiger partial charge in [0, 0.05) is 0 Å². The van der Waals surface area contributed by atoms with E-state index in [1.807, 2.05) is 0 Å². The quantitative estimate of drug-likeness (QED) is 0.785. The zero-order chi connectivity index (χ0) is 14.7. The number of methoxy groups -OCH3 is 1. The van der Waals surface area contributed by atoms with Crippen molar-refractivity contribution >= 4 is 12.1 Å². The summed E-state index contributed by atoms with van der Waals surface area (Å²) < 4.78 is 9.20. The van der Waals surface area contributed by atoms with Crippen molar-refractivity contribution in [1.29, 1.82) is 0 Å². The molecular formula is C14H27NO4. The first-order valence-electron chi connectivity index (χ1n) is 6.89. The van der Waals surface area contributed by atoms with Crippen LogP contribution in [0.3, 0.4) is 0 Å². The normalized spacial score (nSPS) is 14.7. The number of esters is 1. The third-order valence-corrected chi connectivity index (χ3v) is 2.50. The minimum absolute atomic E-state index is 0.175.